The number of hydrogen-bond donors (Lipinski definition) is 0. The average Bonchev–Trinajstić information content (AvgIpc) is 3.22. The minimum Gasteiger partial charge on any atom is -0.337 e. The van der Waals surface area contributed by atoms with Gasteiger partial charge in [-0.3, -0.25) is 19.4 Å². The molecule has 4 rings (SSSR count). The van der Waals surface area contributed by atoms with Crippen LogP contribution < -0.4 is 0 Å². The smallest absolute Gasteiger partial charge is 0.263 e. The lowest BCUT2D eigenvalue weighted by molar-refractivity contribution is 0.0766. The van der Waals surface area contributed by atoms with Crippen LogP contribution >= 0.6 is 22.9 Å². The second kappa shape index (κ2) is 8.65. The van der Waals surface area contributed by atoms with E-state index in [4.69, 9.17) is 11.6 Å². The number of nitrogens with zero attached hydrogens (tertiary/aromatic N) is 5. The summed E-state index contributed by atoms with van der Waals surface area (Å²) in [5.74, 6) is 0.106. The van der Waals surface area contributed by atoms with E-state index in [2.05, 4.69) is 15.0 Å². The van der Waals surface area contributed by atoms with Crippen molar-refractivity contribution in [1.82, 2.24) is 24.6 Å². The maximum absolute atomic E-state index is 13.0. The Morgan fingerprint density at radius 2 is 2.03 bits per heavy atom. The molecule has 3 aromatic heterocycles. The van der Waals surface area contributed by atoms with Gasteiger partial charge in [0, 0.05) is 51.5 Å². The maximum Gasteiger partial charge on any atom is 0.263 e. The second-order valence-electron chi connectivity index (χ2n) is 7.28. The third-order valence-electron chi connectivity index (χ3n) is 5.26. The molecule has 0 atom stereocenters. The van der Waals surface area contributed by atoms with E-state index in [-0.39, 0.29) is 5.91 Å². The van der Waals surface area contributed by atoms with Crippen LogP contribution in [0.3, 0.4) is 0 Å². The molecular weight excluding hydrogens is 406 g/mol. The van der Waals surface area contributed by atoms with Crippen LogP contribution in [0.15, 0.2) is 36.5 Å². The fraction of sp³-hybridized carbons (Fsp3) is 0.381. The van der Waals surface area contributed by atoms with Gasteiger partial charge in [0.1, 0.15) is 5.15 Å². The van der Waals surface area contributed by atoms with Gasteiger partial charge in [-0.15, -0.1) is 11.3 Å². The van der Waals surface area contributed by atoms with E-state index in [1.807, 2.05) is 49.2 Å². The number of carbonyl (C=O) groups excluding carboxylic acids is 1. The Labute approximate surface area is 179 Å². The molecule has 1 aliphatic rings. The van der Waals surface area contributed by atoms with Crippen molar-refractivity contribution in [3.8, 4) is 10.6 Å². The van der Waals surface area contributed by atoms with Gasteiger partial charge in [0.25, 0.3) is 5.91 Å². The van der Waals surface area contributed by atoms with E-state index in [1.165, 1.54) is 11.3 Å². The molecule has 0 aliphatic carbocycles. The fourth-order valence-electron chi connectivity index (χ4n) is 3.66. The van der Waals surface area contributed by atoms with Crippen LogP contribution in [-0.2, 0) is 13.6 Å². The number of thiophene rings is 1. The fourth-order valence-corrected chi connectivity index (χ4v) is 4.85. The van der Waals surface area contributed by atoms with E-state index in [0.29, 0.717) is 11.7 Å². The van der Waals surface area contributed by atoms with E-state index in [0.717, 1.165) is 59.3 Å². The summed E-state index contributed by atoms with van der Waals surface area (Å²) in [6.45, 7) is 6.01. The largest absolute Gasteiger partial charge is 0.337 e. The minimum absolute atomic E-state index is 0.106. The molecule has 0 unspecified atom stereocenters. The normalized spacial score (nSPS) is 15.5. The summed E-state index contributed by atoms with van der Waals surface area (Å²) in [4.78, 5) is 23.5. The van der Waals surface area contributed by atoms with Crippen molar-refractivity contribution >= 4 is 28.8 Å². The Kier molecular flexibility index (Phi) is 5.99. The van der Waals surface area contributed by atoms with Crippen LogP contribution in [0.2, 0.25) is 5.15 Å². The first-order chi connectivity index (χ1) is 14.0. The van der Waals surface area contributed by atoms with E-state index in [9.17, 15) is 4.79 Å². The highest BCUT2D eigenvalue weighted by molar-refractivity contribution is 7.17. The summed E-state index contributed by atoms with van der Waals surface area (Å²) in [5.41, 5.74) is 2.95. The molecule has 1 amide bonds. The van der Waals surface area contributed by atoms with Gasteiger partial charge in [-0.2, -0.15) is 5.10 Å². The summed E-state index contributed by atoms with van der Waals surface area (Å²) in [5, 5.41) is 5.09. The minimum atomic E-state index is 0.106. The van der Waals surface area contributed by atoms with Gasteiger partial charge in [-0.25, -0.2) is 0 Å². The van der Waals surface area contributed by atoms with E-state index >= 15 is 0 Å². The second-order valence-corrected chi connectivity index (χ2v) is 8.72. The summed E-state index contributed by atoms with van der Waals surface area (Å²) in [7, 11) is 1.86. The number of amides is 1. The van der Waals surface area contributed by atoms with Crippen molar-refractivity contribution < 1.29 is 4.79 Å². The Morgan fingerprint density at radius 3 is 2.76 bits per heavy atom. The molecule has 0 N–H and O–H groups in total. The van der Waals surface area contributed by atoms with Gasteiger partial charge in [0.2, 0.25) is 0 Å². The van der Waals surface area contributed by atoms with Crippen molar-refractivity contribution in [2.24, 2.45) is 7.05 Å². The number of hydrogen-bond acceptors (Lipinski definition) is 5. The third-order valence-corrected chi connectivity index (χ3v) is 6.83. The standard InChI is InChI=1S/C21H24ClN5OS/c1-15-16(20(22)25(2)24-15)14-26-10-5-11-27(13-12-26)21(28)19-8-7-18(29-19)17-6-3-4-9-23-17/h3-4,6-9H,5,10-14H2,1-2H3. The van der Waals surface area contributed by atoms with Crippen molar-refractivity contribution in [1.29, 1.82) is 0 Å². The van der Waals surface area contributed by atoms with Crippen LogP contribution in [0.25, 0.3) is 10.6 Å². The molecule has 1 aliphatic heterocycles. The molecule has 0 bridgehead atoms. The van der Waals surface area contributed by atoms with Crippen LogP contribution in [-0.4, -0.2) is 56.7 Å². The van der Waals surface area contributed by atoms with Gasteiger partial charge in [0.05, 0.1) is 21.1 Å². The molecule has 3 aromatic rings. The van der Waals surface area contributed by atoms with Crippen molar-refractivity contribution in [2.45, 2.75) is 19.9 Å². The zero-order chi connectivity index (χ0) is 20.4. The average molecular weight is 430 g/mol. The zero-order valence-electron chi connectivity index (χ0n) is 16.6. The van der Waals surface area contributed by atoms with Crippen molar-refractivity contribution in [2.75, 3.05) is 26.2 Å². The van der Waals surface area contributed by atoms with Crippen molar-refractivity contribution in [3.05, 3.63) is 57.8 Å². The lowest BCUT2D eigenvalue weighted by atomic mass is 10.2. The predicted octanol–water partition coefficient (Wildman–Crippen LogP) is 3.85. The molecular formula is C21H24ClN5OS. The van der Waals surface area contributed by atoms with Crippen LogP contribution in [0.5, 0.6) is 0 Å². The van der Waals surface area contributed by atoms with Crippen LogP contribution in [0, 0.1) is 6.92 Å². The Bertz CT molecular complexity index is 1000. The van der Waals surface area contributed by atoms with E-state index in [1.54, 1.807) is 10.9 Å². The van der Waals surface area contributed by atoms with Crippen molar-refractivity contribution in [3.63, 3.8) is 0 Å². The molecule has 1 saturated heterocycles. The molecule has 0 radical (unpaired) electrons. The Morgan fingerprint density at radius 1 is 1.17 bits per heavy atom. The Balaban J connectivity index is 1.41. The first-order valence-corrected chi connectivity index (χ1v) is 10.9. The number of rotatable bonds is 4. The lowest BCUT2D eigenvalue weighted by Crippen LogP contribution is -2.34. The highest BCUT2D eigenvalue weighted by Gasteiger charge is 2.23. The number of carbonyl (C=O) groups is 1. The number of aromatic nitrogens is 3. The van der Waals surface area contributed by atoms with Gasteiger partial charge >= 0.3 is 0 Å². The summed E-state index contributed by atoms with van der Waals surface area (Å²) < 4.78 is 1.72. The molecule has 0 saturated carbocycles. The first kappa shape index (κ1) is 20.1. The van der Waals surface area contributed by atoms with Gasteiger partial charge in [0.15, 0.2) is 0 Å². The quantitative estimate of drug-likeness (QED) is 0.632. The third kappa shape index (κ3) is 4.37. The molecule has 0 aromatic carbocycles. The van der Waals surface area contributed by atoms with Crippen LogP contribution in [0.1, 0.15) is 27.3 Å². The first-order valence-electron chi connectivity index (χ1n) is 9.74. The van der Waals surface area contributed by atoms with Gasteiger partial charge in [-0.05, 0) is 37.6 Å². The molecule has 4 heterocycles. The molecule has 6 nitrogen and oxygen atoms in total. The summed E-state index contributed by atoms with van der Waals surface area (Å²) in [6.07, 6.45) is 2.72. The molecule has 152 valence electrons. The molecule has 8 heteroatoms. The number of halogens is 1. The highest BCUT2D eigenvalue weighted by Crippen LogP contribution is 2.28. The predicted molar refractivity (Wildman–Crippen MR) is 116 cm³/mol. The molecule has 0 spiro atoms. The summed E-state index contributed by atoms with van der Waals surface area (Å²) in [6, 6.07) is 9.72. The molecule has 29 heavy (non-hydrogen) atoms. The lowest BCUT2D eigenvalue weighted by Gasteiger charge is -2.21. The maximum atomic E-state index is 13.0. The molecule has 1 fully saturated rings. The van der Waals surface area contributed by atoms with Gasteiger partial charge < -0.3 is 4.90 Å². The number of pyridine rings is 1. The highest BCUT2D eigenvalue weighted by atomic mass is 35.5. The monoisotopic (exact) mass is 429 g/mol. The summed E-state index contributed by atoms with van der Waals surface area (Å²) >= 11 is 7.90. The van der Waals surface area contributed by atoms with Crippen LogP contribution in [0.4, 0.5) is 0 Å². The SMILES string of the molecule is Cc1nn(C)c(Cl)c1CN1CCCN(C(=O)c2ccc(-c3ccccn3)s2)CC1. The number of aryl methyl sites for hydroxylation is 2. The Hall–Kier alpha value is -2.22. The zero-order valence-corrected chi connectivity index (χ0v) is 18.2. The van der Waals surface area contributed by atoms with Gasteiger partial charge in [-0.1, -0.05) is 17.7 Å². The topological polar surface area (TPSA) is 54.3 Å². The van der Waals surface area contributed by atoms with E-state index < -0.39 is 0 Å².